The summed E-state index contributed by atoms with van der Waals surface area (Å²) in [5.41, 5.74) is 4.94. The van der Waals surface area contributed by atoms with Crippen LogP contribution in [0.2, 0.25) is 0 Å². The number of ether oxygens (including phenoxy) is 2. The quantitative estimate of drug-likeness (QED) is 0.737. The molecule has 6 heteroatoms. The van der Waals surface area contributed by atoms with E-state index in [2.05, 4.69) is 0 Å². The first-order valence-electron chi connectivity index (χ1n) is 5.35. The van der Waals surface area contributed by atoms with Gasteiger partial charge in [0.05, 0.1) is 13.2 Å². The summed E-state index contributed by atoms with van der Waals surface area (Å²) in [5.74, 6) is -0.292. The average Bonchev–Trinajstić information content (AvgIpc) is 2.25. The van der Waals surface area contributed by atoms with Gasteiger partial charge < -0.3 is 20.1 Å². The van der Waals surface area contributed by atoms with E-state index >= 15 is 0 Å². The van der Waals surface area contributed by atoms with E-state index < -0.39 is 12.2 Å². The van der Waals surface area contributed by atoms with E-state index in [0.29, 0.717) is 26.3 Å². The molecule has 2 N–H and O–H groups in total. The lowest BCUT2D eigenvalue weighted by Crippen LogP contribution is -2.49. The molecule has 2 amide bonds. The normalized spacial score (nSPS) is 18.3. The maximum absolute atomic E-state index is 12.0. The molecule has 0 aromatic rings. The van der Waals surface area contributed by atoms with Crippen molar-refractivity contribution in [2.75, 3.05) is 26.3 Å². The van der Waals surface area contributed by atoms with Crippen molar-refractivity contribution in [3.8, 4) is 0 Å². The lowest BCUT2D eigenvalue weighted by Gasteiger charge is -2.31. The van der Waals surface area contributed by atoms with Gasteiger partial charge in [-0.3, -0.25) is 4.79 Å². The van der Waals surface area contributed by atoms with Gasteiger partial charge in [-0.1, -0.05) is 13.8 Å². The molecule has 1 atom stereocenters. The highest BCUT2D eigenvalue weighted by atomic mass is 16.6. The number of morpholine rings is 1. The van der Waals surface area contributed by atoms with Gasteiger partial charge in [0.15, 0.2) is 6.10 Å². The second-order valence-electron chi connectivity index (χ2n) is 4.04. The molecular formula is C10H18N2O4. The van der Waals surface area contributed by atoms with Gasteiger partial charge in [0.25, 0.3) is 5.91 Å². The maximum atomic E-state index is 12.0. The predicted molar refractivity (Wildman–Crippen MR) is 56.7 cm³/mol. The van der Waals surface area contributed by atoms with Crippen molar-refractivity contribution in [1.82, 2.24) is 4.90 Å². The molecule has 0 bridgehead atoms. The van der Waals surface area contributed by atoms with Gasteiger partial charge in [-0.05, 0) is 5.92 Å². The first kappa shape index (κ1) is 12.8. The lowest BCUT2D eigenvalue weighted by atomic mass is 10.1. The summed E-state index contributed by atoms with van der Waals surface area (Å²) in [7, 11) is 0. The monoisotopic (exact) mass is 230 g/mol. The Labute approximate surface area is 94.7 Å². The van der Waals surface area contributed by atoms with Gasteiger partial charge in [-0.2, -0.15) is 0 Å². The topological polar surface area (TPSA) is 81.9 Å². The summed E-state index contributed by atoms with van der Waals surface area (Å²) >= 11 is 0. The molecule has 0 aliphatic carbocycles. The molecule has 1 aliphatic rings. The van der Waals surface area contributed by atoms with Crippen LogP contribution >= 0.6 is 0 Å². The number of primary amides is 1. The van der Waals surface area contributed by atoms with Gasteiger partial charge in [0.2, 0.25) is 0 Å². The number of nitrogens with two attached hydrogens (primary N) is 1. The molecule has 6 nitrogen and oxygen atoms in total. The van der Waals surface area contributed by atoms with Crippen molar-refractivity contribution in [2.45, 2.75) is 20.0 Å². The fraction of sp³-hybridized carbons (Fsp3) is 0.800. The Balaban J connectivity index is 2.61. The van der Waals surface area contributed by atoms with Crippen LogP contribution in [-0.2, 0) is 14.3 Å². The Morgan fingerprint density at radius 3 is 2.31 bits per heavy atom. The molecule has 1 fully saturated rings. The Bertz CT molecular complexity index is 262. The second-order valence-corrected chi connectivity index (χ2v) is 4.04. The van der Waals surface area contributed by atoms with Crippen LogP contribution in [0.3, 0.4) is 0 Å². The molecule has 0 unspecified atom stereocenters. The van der Waals surface area contributed by atoms with Crippen molar-refractivity contribution in [2.24, 2.45) is 11.7 Å². The largest absolute Gasteiger partial charge is 0.436 e. The van der Waals surface area contributed by atoms with Gasteiger partial charge >= 0.3 is 6.09 Å². The third kappa shape index (κ3) is 3.37. The van der Waals surface area contributed by atoms with Crippen molar-refractivity contribution >= 4 is 12.0 Å². The summed E-state index contributed by atoms with van der Waals surface area (Å²) in [6.07, 6.45) is -1.71. The van der Waals surface area contributed by atoms with Crippen LogP contribution in [0.4, 0.5) is 4.79 Å². The second kappa shape index (κ2) is 5.69. The number of hydrogen-bond acceptors (Lipinski definition) is 4. The zero-order chi connectivity index (χ0) is 12.1. The number of rotatable bonds is 3. The molecule has 1 heterocycles. The molecule has 0 radical (unpaired) electrons. The molecule has 1 rings (SSSR count). The SMILES string of the molecule is CC(C)[C@H](OC(N)=O)C(=O)N1CCOCC1. The minimum Gasteiger partial charge on any atom is -0.436 e. The third-order valence-electron chi connectivity index (χ3n) is 2.41. The first-order valence-corrected chi connectivity index (χ1v) is 5.35. The fourth-order valence-electron chi connectivity index (χ4n) is 1.56. The Kier molecular flexibility index (Phi) is 4.54. The summed E-state index contributed by atoms with van der Waals surface area (Å²) in [4.78, 5) is 24.4. The highest BCUT2D eigenvalue weighted by Gasteiger charge is 2.30. The molecule has 0 saturated carbocycles. The zero-order valence-corrected chi connectivity index (χ0v) is 9.64. The number of carbonyl (C=O) groups is 2. The number of nitrogens with zero attached hydrogens (tertiary/aromatic N) is 1. The summed E-state index contributed by atoms with van der Waals surface area (Å²) in [6.45, 7) is 5.73. The summed E-state index contributed by atoms with van der Waals surface area (Å²) in [6, 6.07) is 0. The lowest BCUT2D eigenvalue weighted by molar-refractivity contribution is -0.146. The van der Waals surface area contributed by atoms with Crippen molar-refractivity contribution in [3.63, 3.8) is 0 Å². The highest BCUT2D eigenvalue weighted by Crippen LogP contribution is 2.11. The molecule has 0 spiro atoms. The van der Waals surface area contributed by atoms with Crippen LogP contribution in [-0.4, -0.2) is 49.3 Å². The van der Waals surface area contributed by atoms with Crippen molar-refractivity contribution in [3.05, 3.63) is 0 Å². The van der Waals surface area contributed by atoms with Crippen LogP contribution in [0.1, 0.15) is 13.8 Å². The van der Waals surface area contributed by atoms with Gasteiger partial charge in [-0.25, -0.2) is 4.79 Å². The van der Waals surface area contributed by atoms with Gasteiger partial charge in [-0.15, -0.1) is 0 Å². The standard InChI is InChI=1S/C10H18N2O4/c1-7(2)8(16-10(11)14)9(13)12-3-5-15-6-4-12/h7-8H,3-6H2,1-2H3,(H2,11,14)/t8-/m0/s1. The van der Waals surface area contributed by atoms with Crippen LogP contribution < -0.4 is 5.73 Å². The van der Waals surface area contributed by atoms with Crippen molar-refractivity contribution < 1.29 is 19.1 Å². The Morgan fingerprint density at radius 1 is 1.31 bits per heavy atom. The maximum Gasteiger partial charge on any atom is 0.405 e. The Morgan fingerprint density at radius 2 is 1.88 bits per heavy atom. The van der Waals surface area contributed by atoms with E-state index in [0.717, 1.165) is 0 Å². The van der Waals surface area contributed by atoms with E-state index in [1.807, 2.05) is 13.8 Å². The van der Waals surface area contributed by atoms with E-state index in [-0.39, 0.29) is 11.8 Å². The summed E-state index contributed by atoms with van der Waals surface area (Å²) in [5, 5.41) is 0. The molecule has 0 aromatic carbocycles. The minimum absolute atomic E-state index is 0.0946. The van der Waals surface area contributed by atoms with Crippen molar-refractivity contribution in [1.29, 1.82) is 0 Å². The van der Waals surface area contributed by atoms with Crippen LogP contribution in [0.25, 0.3) is 0 Å². The molecule has 0 aromatic heterocycles. The number of hydrogen-bond donors (Lipinski definition) is 1. The molecule has 92 valence electrons. The van der Waals surface area contributed by atoms with Gasteiger partial charge in [0, 0.05) is 13.1 Å². The molecule has 16 heavy (non-hydrogen) atoms. The predicted octanol–water partition coefficient (Wildman–Crippen LogP) is -0.0349. The minimum atomic E-state index is -0.916. The van der Waals surface area contributed by atoms with Crippen LogP contribution in [0, 0.1) is 5.92 Å². The smallest absolute Gasteiger partial charge is 0.405 e. The number of amides is 2. The molecule has 1 aliphatic heterocycles. The van der Waals surface area contributed by atoms with Gasteiger partial charge in [0.1, 0.15) is 0 Å². The first-order chi connectivity index (χ1) is 7.52. The zero-order valence-electron chi connectivity index (χ0n) is 9.64. The van der Waals surface area contributed by atoms with E-state index in [4.69, 9.17) is 15.2 Å². The van der Waals surface area contributed by atoms with E-state index in [1.54, 1.807) is 4.90 Å². The van der Waals surface area contributed by atoms with E-state index in [1.165, 1.54) is 0 Å². The highest BCUT2D eigenvalue weighted by molar-refractivity contribution is 5.83. The summed E-state index contributed by atoms with van der Waals surface area (Å²) < 4.78 is 9.98. The fourth-order valence-corrected chi connectivity index (χ4v) is 1.56. The average molecular weight is 230 g/mol. The molecular weight excluding hydrogens is 212 g/mol. The third-order valence-corrected chi connectivity index (χ3v) is 2.41. The van der Waals surface area contributed by atoms with Crippen LogP contribution in [0.15, 0.2) is 0 Å². The van der Waals surface area contributed by atoms with E-state index in [9.17, 15) is 9.59 Å². The molecule has 1 saturated heterocycles. The number of carbonyl (C=O) groups excluding carboxylic acids is 2. The Hall–Kier alpha value is -1.30. The van der Waals surface area contributed by atoms with Crippen LogP contribution in [0.5, 0.6) is 0 Å².